The molecule has 1 amide bonds. The lowest BCUT2D eigenvalue weighted by atomic mass is 10.1. The van der Waals surface area contributed by atoms with Crippen LogP contribution in [0, 0.1) is 13.8 Å². The van der Waals surface area contributed by atoms with Gasteiger partial charge in [-0.15, -0.1) is 11.3 Å². The Labute approximate surface area is 195 Å². The summed E-state index contributed by atoms with van der Waals surface area (Å²) >= 11 is 3.02. The van der Waals surface area contributed by atoms with E-state index < -0.39 is 0 Å². The van der Waals surface area contributed by atoms with Crippen LogP contribution in [0.5, 0.6) is 0 Å². The van der Waals surface area contributed by atoms with Gasteiger partial charge in [-0.3, -0.25) is 4.79 Å². The quantitative estimate of drug-likeness (QED) is 0.381. The van der Waals surface area contributed by atoms with Gasteiger partial charge < -0.3 is 14.2 Å². The first-order chi connectivity index (χ1) is 15.6. The van der Waals surface area contributed by atoms with Crippen molar-refractivity contribution in [3.63, 3.8) is 0 Å². The lowest BCUT2D eigenvalue weighted by Gasteiger charge is -2.36. The summed E-state index contributed by atoms with van der Waals surface area (Å²) in [6.45, 7) is 7.23. The number of carbonyl (C=O) groups excluding carboxylic acids is 1. The molecule has 0 aliphatic carbocycles. The zero-order chi connectivity index (χ0) is 22.1. The van der Waals surface area contributed by atoms with E-state index in [0.717, 1.165) is 34.8 Å². The molecule has 1 fully saturated rings. The average molecular weight is 465 g/mol. The van der Waals surface area contributed by atoms with Crippen LogP contribution in [0.3, 0.4) is 0 Å². The normalized spacial score (nSPS) is 14.3. The monoisotopic (exact) mass is 464 g/mol. The van der Waals surface area contributed by atoms with E-state index in [1.807, 2.05) is 35.4 Å². The second kappa shape index (κ2) is 8.96. The lowest BCUT2D eigenvalue weighted by Crippen LogP contribution is -2.49. The molecule has 6 nitrogen and oxygen atoms in total. The van der Waals surface area contributed by atoms with Gasteiger partial charge in [-0.2, -0.15) is 0 Å². The van der Waals surface area contributed by atoms with Gasteiger partial charge in [-0.1, -0.05) is 42.1 Å². The van der Waals surface area contributed by atoms with E-state index in [1.165, 1.54) is 34.3 Å². The molecule has 1 aliphatic rings. The number of nitrogens with zero attached hydrogens (tertiary/aromatic N) is 4. The molecule has 0 radical (unpaired) electrons. The summed E-state index contributed by atoms with van der Waals surface area (Å²) in [7, 11) is 0. The molecule has 0 unspecified atom stereocenters. The van der Waals surface area contributed by atoms with Crippen LogP contribution < -0.4 is 4.90 Å². The van der Waals surface area contributed by atoms with Crippen LogP contribution in [0.25, 0.3) is 11.1 Å². The summed E-state index contributed by atoms with van der Waals surface area (Å²) in [5.41, 5.74) is 5.85. The number of hydrogen-bond donors (Lipinski definition) is 0. The van der Waals surface area contributed by atoms with Crippen LogP contribution in [0.4, 0.5) is 5.69 Å². The Morgan fingerprint density at radius 2 is 1.81 bits per heavy atom. The topological polar surface area (TPSA) is 62.5 Å². The van der Waals surface area contributed by atoms with Gasteiger partial charge in [-0.25, -0.2) is 9.97 Å². The molecule has 3 heterocycles. The van der Waals surface area contributed by atoms with E-state index >= 15 is 0 Å². The maximum atomic E-state index is 13.0. The summed E-state index contributed by atoms with van der Waals surface area (Å²) in [4.78, 5) is 26.4. The zero-order valence-corrected chi connectivity index (χ0v) is 19.7. The van der Waals surface area contributed by atoms with Crippen LogP contribution in [0.2, 0.25) is 0 Å². The van der Waals surface area contributed by atoms with Crippen molar-refractivity contribution in [2.75, 3.05) is 31.1 Å². The third-order valence-electron chi connectivity index (χ3n) is 5.71. The second-order valence-corrected chi connectivity index (χ2v) is 9.75. The predicted octanol–water partition coefficient (Wildman–Crippen LogP) is 5.16. The number of para-hydroxylation sites is 2. The van der Waals surface area contributed by atoms with E-state index in [-0.39, 0.29) is 5.91 Å². The zero-order valence-electron chi connectivity index (χ0n) is 18.1. The van der Waals surface area contributed by atoms with Crippen molar-refractivity contribution in [3.8, 4) is 0 Å². The molecule has 0 saturated carbocycles. The van der Waals surface area contributed by atoms with Crippen molar-refractivity contribution in [1.82, 2.24) is 14.9 Å². The third-order valence-corrected chi connectivity index (χ3v) is 7.58. The van der Waals surface area contributed by atoms with Gasteiger partial charge in [0.2, 0.25) is 0 Å². The number of thiazole rings is 1. The van der Waals surface area contributed by atoms with Crippen molar-refractivity contribution in [2.45, 2.75) is 24.8 Å². The minimum absolute atomic E-state index is 0.0134. The summed E-state index contributed by atoms with van der Waals surface area (Å²) in [5, 5.41) is 3.39. The maximum Gasteiger partial charge on any atom is 0.273 e. The van der Waals surface area contributed by atoms with Gasteiger partial charge in [0.05, 0.1) is 5.75 Å². The number of piperazine rings is 1. The maximum absolute atomic E-state index is 13.0. The largest absolute Gasteiger partial charge is 0.431 e. The number of amides is 1. The number of fused-ring (bicyclic) bond motifs is 1. The number of benzene rings is 2. The minimum atomic E-state index is 0.0134. The third kappa shape index (κ3) is 4.25. The van der Waals surface area contributed by atoms with Gasteiger partial charge >= 0.3 is 0 Å². The molecule has 5 rings (SSSR count). The first kappa shape index (κ1) is 21.0. The molecular formula is C24H24N4O2S2. The Hall–Kier alpha value is -2.84. The van der Waals surface area contributed by atoms with E-state index in [1.54, 1.807) is 0 Å². The fraction of sp³-hybridized carbons (Fsp3) is 0.292. The minimum Gasteiger partial charge on any atom is -0.431 e. The number of hydrogen-bond acceptors (Lipinski definition) is 7. The molecule has 2 aromatic carbocycles. The first-order valence-corrected chi connectivity index (χ1v) is 12.5. The molecule has 4 aromatic rings. The number of aromatic nitrogens is 2. The summed E-state index contributed by atoms with van der Waals surface area (Å²) in [5.74, 6) is 0.643. The molecule has 32 heavy (non-hydrogen) atoms. The van der Waals surface area contributed by atoms with E-state index in [4.69, 9.17) is 4.42 Å². The second-order valence-electron chi connectivity index (χ2n) is 7.88. The summed E-state index contributed by atoms with van der Waals surface area (Å²) in [6, 6.07) is 14.3. The van der Waals surface area contributed by atoms with Crippen LogP contribution in [-0.4, -0.2) is 47.0 Å². The van der Waals surface area contributed by atoms with Gasteiger partial charge in [0.15, 0.2) is 5.58 Å². The highest BCUT2D eigenvalue weighted by atomic mass is 32.2. The van der Waals surface area contributed by atoms with Gasteiger partial charge in [0.1, 0.15) is 16.2 Å². The number of thioether (sulfide) groups is 1. The SMILES string of the molecule is Cc1ccccc1N1CCN(C(=O)c2csc(CSc3nc4c(C)cccc4o3)n2)CC1. The molecule has 0 N–H and O–H groups in total. The van der Waals surface area contributed by atoms with Gasteiger partial charge in [0.25, 0.3) is 11.1 Å². The highest BCUT2D eigenvalue weighted by Gasteiger charge is 2.24. The molecule has 0 spiro atoms. The van der Waals surface area contributed by atoms with Crippen molar-refractivity contribution in [3.05, 3.63) is 69.7 Å². The fourth-order valence-electron chi connectivity index (χ4n) is 3.96. The van der Waals surface area contributed by atoms with Crippen molar-refractivity contribution < 1.29 is 9.21 Å². The van der Waals surface area contributed by atoms with Crippen molar-refractivity contribution in [1.29, 1.82) is 0 Å². The van der Waals surface area contributed by atoms with Crippen LogP contribution in [-0.2, 0) is 5.75 Å². The Morgan fingerprint density at radius 1 is 1.03 bits per heavy atom. The molecule has 0 atom stereocenters. The lowest BCUT2D eigenvalue weighted by molar-refractivity contribution is 0.0741. The number of rotatable bonds is 5. The molecule has 0 bridgehead atoms. The highest BCUT2D eigenvalue weighted by molar-refractivity contribution is 7.98. The number of carbonyl (C=O) groups is 1. The predicted molar refractivity (Wildman–Crippen MR) is 130 cm³/mol. The smallest absolute Gasteiger partial charge is 0.273 e. The number of aryl methyl sites for hydroxylation is 2. The Kier molecular flexibility index (Phi) is 5.89. The van der Waals surface area contributed by atoms with Gasteiger partial charge in [-0.05, 0) is 37.1 Å². The molecule has 2 aromatic heterocycles. The number of anilines is 1. The first-order valence-electron chi connectivity index (χ1n) is 10.6. The molecule has 164 valence electrons. The fourth-order valence-corrected chi connectivity index (χ4v) is 5.57. The van der Waals surface area contributed by atoms with E-state index in [9.17, 15) is 4.79 Å². The average Bonchev–Trinajstić information content (AvgIpc) is 3.45. The van der Waals surface area contributed by atoms with Gasteiger partial charge in [0, 0.05) is 37.2 Å². The summed E-state index contributed by atoms with van der Waals surface area (Å²) < 4.78 is 5.82. The Morgan fingerprint density at radius 3 is 2.59 bits per heavy atom. The molecule has 1 saturated heterocycles. The van der Waals surface area contributed by atoms with E-state index in [2.05, 4.69) is 46.1 Å². The van der Waals surface area contributed by atoms with Crippen molar-refractivity contribution >= 4 is 45.8 Å². The number of oxazole rings is 1. The summed E-state index contributed by atoms with van der Waals surface area (Å²) in [6.07, 6.45) is 0. The standard InChI is InChI=1S/C24H24N4O2S2/c1-16-6-3-4-8-19(16)27-10-12-28(13-11-27)23(29)18-14-31-21(25-18)15-32-24-26-22-17(2)7-5-9-20(22)30-24/h3-9,14H,10-13,15H2,1-2H3. The van der Waals surface area contributed by atoms with Crippen LogP contribution in [0.15, 0.2) is 57.5 Å². The van der Waals surface area contributed by atoms with E-state index in [0.29, 0.717) is 29.8 Å². The molecule has 8 heteroatoms. The molecular weight excluding hydrogens is 440 g/mol. The Balaban J connectivity index is 1.18. The Bertz CT molecular complexity index is 1260. The van der Waals surface area contributed by atoms with Crippen LogP contribution >= 0.6 is 23.1 Å². The highest BCUT2D eigenvalue weighted by Crippen LogP contribution is 2.29. The van der Waals surface area contributed by atoms with Crippen molar-refractivity contribution in [2.24, 2.45) is 0 Å². The van der Waals surface area contributed by atoms with Crippen LogP contribution in [0.1, 0.15) is 26.6 Å². The molecule has 1 aliphatic heterocycles.